The fourth-order valence-electron chi connectivity index (χ4n) is 1.96. The molecule has 2 nitrogen and oxygen atoms in total. The van der Waals surface area contributed by atoms with E-state index in [1.165, 1.54) is 25.7 Å². The van der Waals surface area contributed by atoms with E-state index in [-0.39, 0.29) is 0 Å². The third kappa shape index (κ3) is 4.52. The second-order valence-corrected chi connectivity index (χ2v) is 4.77. The molecular weight excluding hydrogens is 184 g/mol. The van der Waals surface area contributed by atoms with E-state index in [9.17, 15) is 0 Å². The van der Waals surface area contributed by atoms with Crippen LogP contribution in [0, 0.1) is 5.92 Å². The van der Waals surface area contributed by atoms with Gasteiger partial charge in [0.2, 0.25) is 0 Å². The summed E-state index contributed by atoms with van der Waals surface area (Å²) in [7, 11) is 0. The molecule has 0 aromatic carbocycles. The average Bonchev–Trinajstić information content (AvgIpc) is 2.30. The average molecular weight is 214 g/mol. The molecule has 0 aromatic rings. The van der Waals surface area contributed by atoms with Crippen molar-refractivity contribution in [3.8, 4) is 0 Å². The Morgan fingerprint density at radius 3 is 1.87 bits per heavy atom. The molecule has 0 aliphatic heterocycles. The first-order chi connectivity index (χ1) is 7.05. The highest BCUT2D eigenvalue weighted by molar-refractivity contribution is 4.86. The topological polar surface area (TPSA) is 38.0 Å². The second kappa shape index (κ2) is 7.24. The van der Waals surface area contributed by atoms with Gasteiger partial charge >= 0.3 is 0 Å². The molecule has 2 heteroatoms. The van der Waals surface area contributed by atoms with Crippen molar-refractivity contribution in [2.45, 2.75) is 71.9 Å². The second-order valence-electron chi connectivity index (χ2n) is 4.77. The molecule has 0 heterocycles. The summed E-state index contributed by atoms with van der Waals surface area (Å²) in [6.07, 6.45) is 4.73. The molecule has 0 aromatic heterocycles. The summed E-state index contributed by atoms with van der Waals surface area (Å²) in [4.78, 5) is 0. The van der Waals surface area contributed by atoms with Crippen LogP contribution in [0.25, 0.3) is 0 Å². The van der Waals surface area contributed by atoms with Gasteiger partial charge in [-0.25, -0.2) is 0 Å². The number of rotatable bonds is 8. The fourth-order valence-corrected chi connectivity index (χ4v) is 1.96. The molecule has 15 heavy (non-hydrogen) atoms. The molecule has 0 saturated carbocycles. The standard InChI is InChI=1S/C13H30N2/c1-6-11(5)12(14)10-15-13(7-2,8-3)9-4/h11-12,15H,6-10,14H2,1-5H3. The number of hydrogen-bond acceptors (Lipinski definition) is 2. The van der Waals surface area contributed by atoms with Gasteiger partial charge in [0.15, 0.2) is 0 Å². The van der Waals surface area contributed by atoms with Crippen molar-refractivity contribution in [3.05, 3.63) is 0 Å². The molecular formula is C13H30N2. The summed E-state index contributed by atoms with van der Waals surface area (Å²) in [6, 6.07) is 0.291. The molecule has 0 saturated heterocycles. The van der Waals surface area contributed by atoms with Crippen LogP contribution in [-0.2, 0) is 0 Å². The van der Waals surface area contributed by atoms with E-state index < -0.39 is 0 Å². The first-order valence-electron chi connectivity index (χ1n) is 6.55. The Morgan fingerprint density at radius 2 is 1.53 bits per heavy atom. The summed E-state index contributed by atoms with van der Waals surface area (Å²) < 4.78 is 0. The van der Waals surface area contributed by atoms with Crippen LogP contribution in [0.2, 0.25) is 0 Å². The van der Waals surface area contributed by atoms with Crippen LogP contribution in [0.5, 0.6) is 0 Å². The Bertz CT molecular complexity index is 144. The predicted octanol–water partition coefficient (Wildman–Crippen LogP) is 2.92. The van der Waals surface area contributed by atoms with Gasteiger partial charge < -0.3 is 11.1 Å². The zero-order chi connectivity index (χ0) is 11.9. The van der Waals surface area contributed by atoms with Crippen LogP contribution in [-0.4, -0.2) is 18.1 Å². The summed E-state index contributed by atoms with van der Waals surface area (Å²) >= 11 is 0. The molecule has 92 valence electrons. The van der Waals surface area contributed by atoms with Gasteiger partial charge in [-0.05, 0) is 25.2 Å². The minimum Gasteiger partial charge on any atom is -0.326 e. The number of nitrogens with one attached hydrogen (secondary N) is 1. The molecule has 0 aliphatic carbocycles. The molecule has 0 fully saturated rings. The van der Waals surface area contributed by atoms with E-state index >= 15 is 0 Å². The molecule has 2 atom stereocenters. The van der Waals surface area contributed by atoms with Gasteiger partial charge in [0, 0.05) is 18.1 Å². The third-order valence-electron chi connectivity index (χ3n) is 4.12. The minimum absolute atomic E-state index is 0.291. The maximum Gasteiger partial charge on any atom is 0.0191 e. The van der Waals surface area contributed by atoms with E-state index in [1.807, 2.05) is 0 Å². The lowest BCUT2D eigenvalue weighted by Crippen LogP contribution is -2.50. The number of nitrogens with two attached hydrogens (primary N) is 1. The highest BCUT2D eigenvalue weighted by Gasteiger charge is 2.24. The zero-order valence-corrected chi connectivity index (χ0v) is 11.3. The van der Waals surface area contributed by atoms with Crippen molar-refractivity contribution < 1.29 is 0 Å². The summed E-state index contributed by atoms with van der Waals surface area (Å²) in [5.41, 5.74) is 6.45. The van der Waals surface area contributed by atoms with Crippen molar-refractivity contribution in [2.24, 2.45) is 11.7 Å². The highest BCUT2D eigenvalue weighted by atomic mass is 15.0. The van der Waals surface area contributed by atoms with Gasteiger partial charge in [-0.3, -0.25) is 0 Å². The summed E-state index contributed by atoms with van der Waals surface area (Å²) in [5.74, 6) is 0.612. The van der Waals surface area contributed by atoms with Crippen molar-refractivity contribution in [3.63, 3.8) is 0 Å². The highest BCUT2D eigenvalue weighted by Crippen LogP contribution is 2.19. The summed E-state index contributed by atoms with van der Waals surface area (Å²) in [6.45, 7) is 12.2. The van der Waals surface area contributed by atoms with Crippen molar-refractivity contribution in [2.75, 3.05) is 6.54 Å². The van der Waals surface area contributed by atoms with Gasteiger partial charge in [0.1, 0.15) is 0 Å². The molecule has 2 unspecified atom stereocenters. The first kappa shape index (κ1) is 14.9. The van der Waals surface area contributed by atoms with Crippen LogP contribution in [0.15, 0.2) is 0 Å². The molecule has 0 amide bonds. The van der Waals surface area contributed by atoms with Crippen LogP contribution < -0.4 is 11.1 Å². The molecule has 0 radical (unpaired) electrons. The van der Waals surface area contributed by atoms with Crippen molar-refractivity contribution >= 4 is 0 Å². The smallest absolute Gasteiger partial charge is 0.0191 e. The van der Waals surface area contributed by atoms with Gasteiger partial charge in [-0.1, -0.05) is 41.0 Å². The van der Waals surface area contributed by atoms with E-state index in [4.69, 9.17) is 5.73 Å². The third-order valence-corrected chi connectivity index (χ3v) is 4.12. The van der Waals surface area contributed by atoms with Gasteiger partial charge in [-0.2, -0.15) is 0 Å². The lowest BCUT2D eigenvalue weighted by atomic mass is 9.89. The molecule has 0 spiro atoms. The quantitative estimate of drug-likeness (QED) is 0.652. The van der Waals surface area contributed by atoms with Crippen LogP contribution in [0.4, 0.5) is 0 Å². The zero-order valence-electron chi connectivity index (χ0n) is 11.3. The first-order valence-corrected chi connectivity index (χ1v) is 6.55. The van der Waals surface area contributed by atoms with E-state index in [1.54, 1.807) is 0 Å². The van der Waals surface area contributed by atoms with Crippen LogP contribution >= 0.6 is 0 Å². The van der Waals surface area contributed by atoms with Crippen LogP contribution in [0.3, 0.4) is 0 Å². The molecule has 3 N–H and O–H groups in total. The lowest BCUT2D eigenvalue weighted by Gasteiger charge is -2.34. The number of hydrogen-bond donors (Lipinski definition) is 2. The Balaban J connectivity index is 4.10. The van der Waals surface area contributed by atoms with Crippen LogP contribution in [0.1, 0.15) is 60.3 Å². The van der Waals surface area contributed by atoms with Gasteiger partial charge in [-0.15, -0.1) is 0 Å². The minimum atomic E-state index is 0.291. The lowest BCUT2D eigenvalue weighted by molar-refractivity contribution is 0.269. The molecule has 0 aliphatic rings. The summed E-state index contributed by atoms with van der Waals surface area (Å²) in [5, 5.41) is 3.67. The largest absolute Gasteiger partial charge is 0.326 e. The van der Waals surface area contributed by atoms with Crippen molar-refractivity contribution in [1.82, 2.24) is 5.32 Å². The molecule has 0 bridgehead atoms. The maximum atomic E-state index is 6.14. The Labute approximate surface area is 96.0 Å². The Hall–Kier alpha value is -0.0800. The van der Waals surface area contributed by atoms with Gasteiger partial charge in [0.05, 0.1) is 0 Å². The monoisotopic (exact) mass is 214 g/mol. The van der Waals surface area contributed by atoms with E-state index in [0.717, 1.165) is 6.54 Å². The fraction of sp³-hybridized carbons (Fsp3) is 1.00. The predicted molar refractivity (Wildman–Crippen MR) is 69.0 cm³/mol. The van der Waals surface area contributed by atoms with Gasteiger partial charge in [0.25, 0.3) is 0 Å². The Morgan fingerprint density at radius 1 is 1.07 bits per heavy atom. The van der Waals surface area contributed by atoms with E-state index in [2.05, 4.69) is 39.9 Å². The normalized spacial score (nSPS) is 16.4. The van der Waals surface area contributed by atoms with Crippen molar-refractivity contribution in [1.29, 1.82) is 0 Å². The molecule has 0 rings (SSSR count). The SMILES string of the molecule is CCC(C)C(N)CNC(CC)(CC)CC. The Kier molecular flexibility index (Phi) is 7.20. The van der Waals surface area contributed by atoms with E-state index in [0.29, 0.717) is 17.5 Å². The maximum absolute atomic E-state index is 6.14.